The molecule has 0 fully saturated rings. The summed E-state index contributed by atoms with van der Waals surface area (Å²) in [6.45, 7) is 3.83. The summed E-state index contributed by atoms with van der Waals surface area (Å²) in [6, 6.07) is 17.3. The minimum Gasteiger partial charge on any atom is -0.350 e. The van der Waals surface area contributed by atoms with Crippen LogP contribution < -0.4 is 10.6 Å². The van der Waals surface area contributed by atoms with E-state index in [1.54, 1.807) is 0 Å². The Morgan fingerprint density at radius 3 is 2.36 bits per heavy atom. The van der Waals surface area contributed by atoms with E-state index < -0.39 is 0 Å². The predicted octanol–water partition coefficient (Wildman–Crippen LogP) is 5.50. The maximum Gasteiger partial charge on any atom is 0.255 e. The van der Waals surface area contributed by atoms with E-state index in [2.05, 4.69) is 26.6 Å². The Kier molecular flexibility index (Phi) is 6.65. The molecule has 2 N–H and O–H groups in total. The van der Waals surface area contributed by atoms with E-state index in [9.17, 15) is 9.59 Å². The van der Waals surface area contributed by atoms with Crippen molar-refractivity contribution in [2.24, 2.45) is 0 Å². The molecular weight excluding hydrogens is 436 g/mol. The van der Waals surface area contributed by atoms with E-state index in [4.69, 9.17) is 0 Å². The lowest BCUT2D eigenvalue weighted by molar-refractivity contribution is -0.115. The lowest BCUT2D eigenvalue weighted by Crippen LogP contribution is -2.31. The fraction of sp³-hybridized carbons (Fsp3) is 0.182. The molecule has 28 heavy (non-hydrogen) atoms. The fourth-order valence-electron chi connectivity index (χ4n) is 2.80. The number of anilines is 1. The van der Waals surface area contributed by atoms with Gasteiger partial charge in [-0.25, -0.2) is 0 Å². The van der Waals surface area contributed by atoms with Gasteiger partial charge < -0.3 is 10.6 Å². The Hall–Kier alpha value is -2.44. The molecule has 1 aromatic heterocycles. The van der Waals surface area contributed by atoms with Crippen molar-refractivity contribution in [2.45, 2.75) is 26.3 Å². The second-order valence-electron chi connectivity index (χ2n) is 6.70. The molecule has 0 saturated heterocycles. The molecule has 6 heteroatoms. The Balaban J connectivity index is 1.87. The third-order valence-corrected chi connectivity index (χ3v) is 5.48. The highest BCUT2D eigenvalue weighted by Gasteiger charge is 2.22. The van der Waals surface area contributed by atoms with Gasteiger partial charge in [0.2, 0.25) is 5.91 Å². The average molecular weight is 457 g/mol. The number of carbonyl (C=O) groups is 2. The quantitative estimate of drug-likeness (QED) is 0.514. The molecule has 0 saturated carbocycles. The summed E-state index contributed by atoms with van der Waals surface area (Å²) in [5.74, 6) is -0.337. The molecule has 1 heterocycles. The minimum absolute atomic E-state index is 0.00217. The second-order valence-corrected chi connectivity index (χ2v) is 8.49. The Morgan fingerprint density at radius 2 is 1.71 bits per heavy atom. The molecule has 0 aliphatic carbocycles. The molecule has 3 rings (SSSR count). The zero-order valence-corrected chi connectivity index (χ0v) is 18.1. The lowest BCUT2D eigenvalue weighted by Gasteiger charge is -2.12. The van der Waals surface area contributed by atoms with E-state index in [0.29, 0.717) is 10.6 Å². The van der Waals surface area contributed by atoms with E-state index in [1.807, 2.05) is 73.8 Å². The molecule has 3 aromatic rings. The molecule has 4 nitrogen and oxygen atoms in total. The van der Waals surface area contributed by atoms with Crippen LogP contribution in [0.1, 0.15) is 29.8 Å². The van der Waals surface area contributed by atoms with Gasteiger partial charge in [-0.3, -0.25) is 9.59 Å². The summed E-state index contributed by atoms with van der Waals surface area (Å²) in [4.78, 5) is 25.4. The molecule has 0 bridgehead atoms. The van der Waals surface area contributed by atoms with Crippen LogP contribution in [0.4, 0.5) is 5.00 Å². The standard InChI is InChI=1S/C22H21BrN2O2S/c1-14(2)24-21(27)20-18(16-6-4-3-5-7-16)13-28-22(20)25-19(26)12-15-8-10-17(23)11-9-15/h3-11,13-14H,12H2,1-2H3,(H,24,27)(H,25,26). The average Bonchev–Trinajstić information content (AvgIpc) is 3.07. The van der Waals surface area contributed by atoms with Crippen LogP contribution in [0.5, 0.6) is 0 Å². The van der Waals surface area contributed by atoms with Gasteiger partial charge in [-0.2, -0.15) is 0 Å². The van der Waals surface area contributed by atoms with E-state index in [-0.39, 0.29) is 24.3 Å². The summed E-state index contributed by atoms with van der Waals surface area (Å²) in [5.41, 5.74) is 3.19. The van der Waals surface area contributed by atoms with Gasteiger partial charge in [0.25, 0.3) is 5.91 Å². The molecule has 0 radical (unpaired) electrons. The Labute approximate surface area is 177 Å². The van der Waals surface area contributed by atoms with Crippen molar-refractivity contribution in [1.82, 2.24) is 5.32 Å². The number of thiophene rings is 1. The van der Waals surface area contributed by atoms with Crippen molar-refractivity contribution < 1.29 is 9.59 Å². The summed E-state index contributed by atoms with van der Waals surface area (Å²) in [5, 5.41) is 8.35. The Morgan fingerprint density at radius 1 is 1.04 bits per heavy atom. The van der Waals surface area contributed by atoms with Gasteiger partial charge in [-0.15, -0.1) is 11.3 Å². The van der Waals surface area contributed by atoms with Crippen LogP contribution in [-0.4, -0.2) is 17.9 Å². The third-order valence-electron chi connectivity index (χ3n) is 4.05. The number of rotatable bonds is 6. The van der Waals surface area contributed by atoms with E-state index in [1.165, 1.54) is 11.3 Å². The second kappa shape index (κ2) is 9.17. The summed E-state index contributed by atoms with van der Waals surface area (Å²) in [6.07, 6.45) is 0.247. The van der Waals surface area contributed by atoms with Gasteiger partial charge in [0, 0.05) is 21.5 Å². The van der Waals surface area contributed by atoms with Crippen LogP contribution in [0.25, 0.3) is 11.1 Å². The fourth-order valence-corrected chi connectivity index (χ4v) is 4.05. The number of hydrogen-bond donors (Lipinski definition) is 2. The monoisotopic (exact) mass is 456 g/mol. The molecule has 2 amide bonds. The first-order valence-electron chi connectivity index (χ1n) is 8.96. The molecule has 0 spiro atoms. The summed E-state index contributed by atoms with van der Waals surface area (Å²) in [7, 11) is 0. The number of nitrogens with one attached hydrogen (secondary N) is 2. The van der Waals surface area contributed by atoms with Gasteiger partial charge in [-0.05, 0) is 37.1 Å². The van der Waals surface area contributed by atoms with Gasteiger partial charge in [0.15, 0.2) is 0 Å². The van der Waals surface area contributed by atoms with Crippen LogP contribution >= 0.6 is 27.3 Å². The van der Waals surface area contributed by atoms with Crippen LogP contribution in [0.3, 0.4) is 0 Å². The number of hydrogen-bond acceptors (Lipinski definition) is 3. The molecular formula is C22H21BrN2O2S. The molecule has 144 valence electrons. The normalized spacial score (nSPS) is 10.7. The maximum atomic E-state index is 12.8. The maximum absolute atomic E-state index is 12.8. The van der Waals surface area contributed by atoms with Gasteiger partial charge >= 0.3 is 0 Å². The first kappa shape index (κ1) is 20.3. The van der Waals surface area contributed by atoms with Gasteiger partial charge in [0.05, 0.1) is 12.0 Å². The van der Waals surface area contributed by atoms with E-state index >= 15 is 0 Å². The van der Waals surface area contributed by atoms with Crippen LogP contribution in [0.2, 0.25) is 0 Å². The third kappa shape index (κ3) is 5.09. The number of benzene rings is 2. The van der Waals surface area contributed by atoms with Gasteiger partial charge in [-0.1, -0.05) is 58.4 Å². The van der Waals surface area contributed by atoms with Crippen LogP contribution in [0, 0.1) is 0 Å². The molecule has 0 aliphatic heterocycles. The highest BCUT2D eigenvalue weighted by Crippen LogP contribution is 2.35. The number of carbonyl (C=O) groups excluding carboxylic acids is 2. The molecule has 0 unspecified atom stereocenters. The first-order valence-corrected chi connectivity index (χ1v) is 10.6. The van der Waals surface area contributed by atoms with E-state index in [0.717, 1.165) is 21.2 Å². The molecule has 2 aromatic carbocycles. The molecule has 0 atom stereocenters. The summed E-state index contributed by atoms with van der Waals surface area (Å²) >= 11 is 4.76. The summed E-state index contributed by atoms with van der Waals surface area (Å²) < 4.78 is 0.968. The van der Waals surface area contributed by atoms with Crippen LogP contribution in [-0.2, 0) is 11.2 Å². The van der Waals surface area contributed by atoms with Crippen molar-refractivity contribution in [3.63, 3.8) is 0 Å². The van der Waals surface area contributed by atoms with Crippen LogP contribution in [0.15, 0.2) is 64.5 Å². The zero-order chi connectivity index (χ0) is 20.1. The van der Waals surface area contributed by atoms with Crippen molar-refractivity contribution in [3.05, 3.63) is 75.6 Å². The van der Waals surface area contributed by atoms with Gasteiger partial charge in [0.1, 0.15) is 5.00 Å². The van der Waals surface area contributed by atoms with Crippen molar-refractivity contribution in [2.75, 3.05) is 5.32 Å². The van der Waals surface area contributed by atoms with Crippen molar-refractivity contribution >= 4 is 44.1 Å². The number of amides is 2. The largest absolute Gasteiger partial charge is 0.350 e. The number of halogens is 1. The highest BCUT2D eigenvalue weighted by atomic mass is 79.9. The zero-order valence-electron chi connectivity index (χ0n) is 15.7. The molecule has 0 aliphatic rings. The minimum atomic E-state index is -0.186. The first-order chi connectivity index (χ1) is 13.4. The predicted molar refractivity (Wildman–Crippen MR) is 119 cm³/mol. The highest BCUT2D eigenvalue weighted by molar-refractivity contribution is 9.10. The smallest absolute Gasteiger partial charge is 0.255 e. The Bertz CT molecular complexity index is 966. The lowest BCUT2D eigenvalue weighted by atomic mass is 10.0. The SMILES string of the molecule is CC(C)NC(=O)c1c(-c2ccccc2)csc1NC(=O)Cc1ccc(Br)cc1. The topological polar surface area (TPSA) is 58.2 Å². The van der Waals surface area contributed by atoms with Crippen molar-refractivity contribution in [3.8, 4) is 11.1 Å². The van der Waals surface area contributed by atoms with Crippen molar-refractivity contribution in [1.29, 1.82) is 0 Å².